The highest BCUT2D eigenvalue weighted by Crippen LogP contribution is 2.40. The average Bonchev–Trinajstić information content (AvgIpc) is 3.60. The van der Waals surface area contributed by atoms with Crippen LogP contribution in [0, 0.1) is 33.1 Å². The number of carbonyl (C=O) groups is 3. The largest absolute Gasteiger partial charge is 0.379 e. The predicted octanol–water partition coefficient (Wildman–Crippen LogP) is 6.24. The molecule has 0 bridgehead atoms. The Hall–Kier alpha value is -4.55. The summed E-state index contributed by atoms with van der Waals surface area (Å²) in [6.07, 6.45) is -0.597. The van der Waals surface area contributed by atoms with E-state index in [0.29, 0.717) is 54.4 Å². The van der Waals surface area contributed by atoms with E-state index in [0.717, 1.165) is 42.9 Å². The van der Waals surface area contributed by atoms with Gasteiger partial charge in [0.1, 0.15) is 11.2 Å². The summed E-state index contributed by atoms with van der Waals surface area (Å²) in [5.41, 5.74) is 11.9. The summed E-state index contributed by atoms with van der Waals surface area (Å²) in [6, 6.07) is 13.6. The lowest BCUT2D eigenvalue weighted by atomic mass is 9.99. The summed E-state index contributed by atoms with van der Waals surface area (Å²) in [7, 11) is 0. The summed E-state index contributed by atoms with van der Waals surface area (Å²) in [5, 5.41) is 19.0. The molecule has 1 unspecified atom stereocenters. The lowest BCUT2D eigenvalue weighted by Gasteiger charge is -2.31. The van der Waals surface area contributed by atoms with E-state index in [2.05, 4.69) is 20.9 Å². The number of fused-ring (bicyclic) bond motifs is 1. The summed E-state index contributed by atoms with van der Waals surface area (Å²) < 4.78 is 16.7. The van der Waals surface area contributed by atoms with Crippen molar-refractivity contribution in [3.8, 4) is 0 Å². The van der Waals surface area contributed by atoms with Crippen LogP contribution in [0.25, 0.3) is 0 Å². The number of aryl methyl sites for hydroxylation is 3. The van der Waals surface area contributed by atoms with E-state index < -0.39 is 12.2 Å². The molecule has 0 radical (unpaired) electrons. The molecule has 5 rings (SSSR count). The van der Waals surface area contributed by atoms with Crippen LogP contribution in [0.3, 0.4) is 0 Å². The number of rotatable bonds is 18. The monoisotopic (exact) mass is 836 g/mol. The van der Waals surface area contributed by atoms with Gasteiger partial charge in [-0.2, -0.15) is 0 Å². The van der Waals surface area contributed by atoms with Gasteiger partial charge in [0, 0.05) is 32.4 Å². The first-order valence-corrected chi connectivity index (χ1v) is 20.5. The number of hydrogen-bond donors (Lipinski definition) is 5. The number of nitrogens with one attached hydrogen (secondary N) is 4. The number of thiazole rings is 1. The second kappa shape index (κ2) is 20.7. The van der Waals surface area contributed by atoms with Gasteiger partial charge in [-0.15, -0.1) is 22.7 Å². The van der Waals surface area contributed by atoms with Crippen molar-refractivity contribution in [3.63, 3.8) is 0 Å². The van der Waals surface area contributed by atoms with Gasteiger partial charge in [-0.1, -0.05) is 35.9 Å². The minimum atomic E-state index is -0.727. The van der Waals surface area contributed by atoms with Crippen LogP contribution in [0.15, 0.2) is 53.5 Å². The van der Waals surface area contributed by atoms with Gasteiger partial charge in [0.05, 0.1) is 87.0 Å². The quantitative estimate of drug-likeness (QED) is 0.0439. The first-order chi connectivity index (χ1) is 27.3. The summed E-state index contributed by atoms with van der Waals surface area (Å²) in [6.45, 7) is 11.6. The molecule has 3 amide bonds. The van der Waals surface area contributed by atoms with Gasteiger partial charge in [-0.05, 0) is 64.4 Å². The highest BCUT2D eigenvalue weighted by molar-refractivity contribution is 7.17. The fraction of sp³-hybridized carbons (Fsp3) is 0.400. The molecular formula is C40H49ClN8O6S2. The molecule has 2 aromatic carbocycles. The molecule has 14 nitrogen and oxygen atoms in total. The minimum Gasteiger partial charge on any atom is -0.379 e. The van der Waals surface area contributed by atoms with Crippen LogP contribution >= 0.6 is 34.3 Å². The number of para-hydroxylation sites is 1. The van der Waals surface area contributed by atoms with Gasteiger partial charge in [-0.3, -0.25) is 30.1 Å². The number of amidine groups is 1. The number of benzene rings is 2. The van der Waals surface area contributed by atoms with Crippen LogP contribution in [0.4, 0.5) is 15.8 Å². The van der Waals surface area contributed by atoms with Crippen LogP contribution in [0.2, 0.25) is 5.02 Å². The third-order valence-corrected chi connectivity index (χ3v) is 11.6. The third-order valence-electron chi connectivity index (χ3n) is 9.16. The zero-order valence-corrected chi connectivity index (χ0v) is 35.1. The predicted molar refractivity (Wildman–Crippen MR) is 228 cm³/mol. The van der Waals surface area contributed by atoms with E-state index in [4.69, 9.17) is 41.9 Å². The molecule has 6 N–H and O–H groups in total. The van der Waals surface area contributed by atoms with E-state index in [1.54, 1.807) is 47.4 Å². The fourth-order valence-electron chi connectivity index (χ4n) is 5.97. The minimum absolute atomic E-state index is 0.0254. The first-order valence-electron chi connectivity index (χ1n) is 18.5. The number of thiophene rings is 1. The zero-order chi connectivity index (χ0) is 41.1. The number of aliphatic imine (C=N–C) groups is 1. The molecule has 17 heteroatoms. The Morgan fingerprint density at radius 3 is 2.21 bits per heavy atom. The summed E-state index contributed by atoms with van der Waals surface area (Å²) >= 11 is 9.15. The molecule has 1 aliphatic heterocycles. The van der Waals surface area contributed by atoms with Crippen molar-refractivity contribution in [2.45, 2.75) is 59.7 Å². The number of ether oxygens (including phenoxy) is 3. The molecular weight excluding hydrogens is 788 g/mol. The van der Waals surface area contributed by atoms with Gasteiger partial charge in [-0.25, -0.2) is 4.98 Å². The fourth-order valence-corrected chi connectivity index (χ4v) is 8.16. The van der Waals surface area contributed by atoms with Crippen molar-refractivity contribution in [1.29, 1.82) is 5.41 Å². The molecule has 0 spiro atoms. The molecule has 3 heterocycles. The molecule has 2 aromatic heterocycles. The molecule has 57 heavy (non-hydrogen) atoms. The Bertz CT molecular complexity index is 2070. The van der Waals surface area contributed by atoms with Crippen molar-refractivity contribution in [1.82, 2.24) is 10.3 Å². The number of amides is 3. The molecule has 0 aliphatic carbocycles. The SMILES string of the molecule is CC(=N)N1c2sc(C)c(C)c2C(c2ccc(Cl)cc2)=N[C@@H](CC(=O)NCCOCCOCCOCCC(=O)Nc2ccccc2C(=O)Nc2nc(C)c(C)s2)C1N. The smallest absolute Gasteiger partial charge is 0.259 e. The van der Waals surface area contributed by atoms with Crippen LogP contribution in [0.1, 0.15) is 62.3 Å². The van der Waals surface area contributed by atoms with Gasteiger partial charge in [0.2, 0.25) is 11.8 Å². The normalized spacial score (nSPS) is 15.1. The van der Waals surface area contributed by atoms with E-state index in [1.165, 1.54) is 11.3 Å². The number of anilines is 3. The Balaban J connectivity index is 0.974. The lowest BCUT2D eigenvalue weighted by Crippen LogP contribution is -2.52. The molecule has 2 atom stereocenters. The molecule has 4 aromatic rings. The molecule has 1 aliphatic rings. The average molecular weight is 837 g/mol. The molecule has 304 valence electrons. The highest BCUT2D eigenvalue weighted by atomic mass is 35.5. The number of hydrogen-bond acceptors (Lipinski definition) is 12. The first kappa shape index (κ1) is 43.6. The van der Waals surface area contributed by atoms with Gasteiger partial charge in [0.25, 0.3) is 5.91 Å². The van der Waals surface area contributed by atoms with Crippen molar-refractivity contribution < 1.29 is 28.6 Å². The maximum Gasteiger partial charge on any atom is 0.259 e. The maximum absolute atomic E-state index is 13.1. The molecule has 0 saturated carbocycles. The summed E-state index contributed by atoms with van der Waals surface area (Å²) in [5.74, 6) is -0.595. The van der Waals surface area contributed by atoms with Crippen molar-refractivity contribution in [2.24, 2.45) is 10.7 Å². The molecule has 0 fully saturated rings. The number of halogens is 1. The topological polar surface area (TPSA) is 193 Å². The second-order valence-electron chi connectivity index (χ2n) is 13.3. The van der Waals surface area contributed by atoms with E-state index >= 15 is 0 Å². The maximum atomic E-state index is 13.1. The Morgan fingerprint density at radius 1 is 0.877 bits per heavy atom. The van der Waals surface area contributed by atoms with Crippen LogP contribution in [-0.2, 0) is 23.8 Å². The number of carbonyl (C=O) groups excluding carboxylic acids is 3. The lowest BCUT2D eigenvalue weighted by molar-refractivity contribution is -0.122. The number of aromatic nitrogens is 1. The van der Waals surface area contributed by atoms with Crippen LogP contribution in [-0.4, -0.2) is 92.6 Å². The van der Waals surface area contributed by atoms with E-state index in [-0.39, 0.29) is 49.6 Å². The van der Waals surface area contributed by atoms with Gasteiger partial charge >= 0.3 is 0 Å². The third kappa shape index (κ3) is 11.8. The summed E-state index contributed by atoms with van der Waals surface area (Å²) in [4.78, 5) is 51.8. The van der Waals surface area contributed by atoms with Gasteiger partial charge < -0.3 is 35.5 Å². The van der Waals surface area contributed by atoms with Crippen LogP contribution < -0.4 is 26.6 Å². The van der Waals surface area contributed by atoms with Crippen molar-refractivity contribution >= 4 is 79.4 Å². The Labute approximate surface area is 345 Å². The Morgan fingerprint density at radius 2 is 1.54 bits per heavy atom. The number of nitrogens with two attached hydrogens (primary N) is 1. The van der Waals surface area contributed by atoms with E-state index in [9.17, 15) is 14.4 Å². The van der Waals surface area contributed by atoms with E-state index in [1.807, 2.05) is 52.0 Å². The van der Waals surface area contributed by atoms with Gasteiger partial charge in [0.15, 0.2) is 5.13 Å². The van der Waals surface area contributed by atoms with Crippen molar-refractivity contribution in [3.05, 3.63) is 91.3 Å². The molecule has 0 saturated heterocycles. The zero-order valence-electron chi connectivity index (χ0n) is 32.7. The highest BCUT2D eigenvalue weighted by Gasteiger charge is 2.36. The Kier molecular flexibility index (Phi) is 15.9. The standard InChI is InChI=1S/C40H49ClN8O6S2/c1-23-25(3)56-39-35(23)36(28-10-12-29(41)13-11-28)47-32(37(43)49(39)27(5)42)22-34(51)44-15-17-54-19-21-55-20-18-53-16-14-33(50)46-31-9-7-6-8-30(31)38(52)48-40-45-24(2)26(4)57-40/h6-13,32,37,42H,14-22,43H2,1-5H3,(H,44,51)(H,46,50)(H,45,48,52)/t32-,37?/m0/s1. The van der Waals surface area contributed by atoms with Crippen molar-refractivity contribution in [2.75, 3.05) is 61.7 Å². The van der Waals surface area contributed by atoms with Crippen LogP contribution in [0.5, 0.6) is 0 Å². The second-order valence-corrected chi connectivity index (χ2v) is 16.2. The number of nitrogens with zero attached hydrogens (tertiary/aromatic N) is 3.